The molecular formula is C18H20BrCl. The monoisotopic (exact) mass is 350 g/mol. The first-order chi connectivity index (χ1) is 9.60. The summed E-state index contributed by atoms with van der Waals surface area (Å²) in [5.74, 6) is 0.607. The number of halogens is 2. The van der Waals surface area contributed by atoms with Crippen molar-refractivity contribution in [1.82, 2.24) is 0 Å². The molecule has 0 spiro atoms. The molecular weight excluding hydrogens is 332 g/mol. The smallest absolute Gasteiger partial charge is 0.0406 e. The van der Waals surface area contributed by atoms with Crippen LogP contribution >= 0.6 is 27.5 Å². The molecule has 0 nitrogen and oxygen atoms in total. The highest BCUT2D eigenvalue weighted by Gasteiger charge is 2.12. The maximum absolute atomic E-state index is 5.94. The summed E-state index contributed by atoms with van der Waals surface area (Å²) in [6, 6.07) is 14.7. The predicted molar refractivity (Wildman–Crippen MR) is 92.1 cm³/mol. The fourth-order valence-electron chi connectivity index (χ4n) is 2.59. The minimum atomic E-state index is 0.607. The second kappa shape index (κ2) is 7.28. The van der Waals surface area contributed by atoms with Gasteiger partial charge in [-0.1, -0.05) is 57.9 Å². The number of hydrogen-bond acceptors (Lipinski definition) is 0. The third-order valence-corrected chi connectivity index (χ3v) is 4.96. The van der Waals surface area contributed by atoms with E-state index < -0.39 is 0 Å². The fraction of sp³-hybridized carbons (Fsp3) is 0.333. The van der Waals surface area contributed by atoms with Gasteiger partial charge in [-0.25, -0.2) is 0 Å². The molecule has 0 aromatic heterocycles. The molecule has 0 bridgehead atoms. The molecule has 2 aromatic rings. The zero-order valence-electron chi connectivity index (χ0n) is 12.0. The predicted octanol–water partition coefficient (Wildman–Crippen LogP) is 5.75. The normalized spacial score (nSPS) is 12.4. The van der Waals surface area contributed by atoms with E-state index in [1.165, 1.54) is 22.3 Å². The van der Waals surface area contributed by atoms with Crippen molar-refractivity contribution < 1.29 is 0 Å². The number of aryl methyl sites for hydroxylation is 2. The summed E-state index contributed by atoms with van der Waals surface area (Å²) in [4.78, 5) is 0. The number of benzene rings is 2. The van der Waals surface area contributed by atoms with Crippen molar-refractivity contribution in [2.24, 2.45) is 5.92 Å². The lowest BCUT2D eigenvalue weighted by atomic mass is 9.90. The second-order valence-corrected chi connectivity index (χ2v) is 6.51. The van der Waals surface area contributed by atoms with Gasteiger partial charge in [-0.15, -0.1) is 0 Å². The highest BCUT2D eigenvalue weighted by Crippen LogP contribution is 2.22. The van der Waals surface area contributed by atoms with Crippen LogP contribution in [0.5, 0.6) is 0 Å². The molecule has 106 valence electrons. The lowest BCUT2D eigenvalue weighted by Gasteiger charge is -2.17. The summed E-state index contributed by atoms with van der Waals surface area (Å²) in [7, 11) is 0. The van der Waals surface area contributed by atoms with Gasteiger partial charge in [-0.3, -0.25) is 0 Å². The van der Waals surface area contributed by atoms with Gasteiger partial charge in [-0.2, -0.15) is 0 Å². The lowest BCUT2D eigenvalue weighted by Crippen LogP contribution is -2.11. The van der Waals surface area contributed by atoms with E-state index in [-0.39, 0.29) is 0 Å². The number of alkyl halides is 1. The topological polar surface area (TPSA) is 0 Å². The minimum absolute atomic E-state index is 0.607. The first kappa shape index (κ1) is 15.6. The molecule has 0 N–H and O–H groups in total. The zero-order valence-corrected chi connectivity index (χ0v) is 14.3. The van der Waals surface area contributed by atoms with Crippen LogP contribution in [0.1, 0.15) is 22.3 Å². The first-order valence-electron chi connectivity index (χ1n) is 6.95. The van der Waals surface area contributed by atoms with Crippen molar-refractivity contribution in [3.05, 3.63) is 69.7 Å². The van der Waals surface area contributed by atoms with Crippen LogP contribution < -0.4 is 0 Å². The molecule has 2 rings (SSSR count). The van der Waals surface area contributed by atoms with Crippen LogP contribution in [-0.2, 0) is 12.8 Å². The Morgan fingerprint density at radius 3 is 2.10 bits per heavy atom. The summed E-state index contributed by atoms with van der Waals surface area (Å²) in [5, 5.41) is 1.82. The molecule has 0 amide bonds. The van der Waals surface area contributed by atoms with E-state index in [0.29, 0.717) is 5.92 Å². The number of rotatable bonds is 5. The molecule has 1 unspecified atom stereocenters. The summed E-state index contributed by atoms with van der Waals surface area (Å²) in [6.07, 6.45) is 2.20. The average Bonchev–Trinajstić information content (AvgIpc) is 2.44. The van der Waals surface area contributed by atoms with E-state index in [1.54, 1.807) is 0 Å². The van der Waals surface area contributed by atoms with Crippen LogP contribution in [0.3, 0.4) is 0 Å². The Balaban J connectivity index is 2.11. The third kappa shape index (κ3) is 4.10. The Labute approximate surface area is 135 Å². The quantitative estimate of drug-likeness (QED) is 0.601. The third-order valence-electron chi connectivity index (χ3n) is 3.79. The zero-order chi connectivity index (χ0) is 14.5. The van der Waals surface area contributed by atoms with Crippen molar-refractivity contribution in [1.29, 1.82) is 0 Å². The van der Waals surface area contributed by atoms with Gasteiger partial charge in [0.25, 0.3) is 0 Å². The molecule has 0 fully saturated rings. The van der Waals surface area contributed by atoms with Gasteiger partial charge in [0.1, 0.15) is 0 Å². The molecule has 0 aliphatic heterocycles. The minimum Gasteiger partial charge on any atom is -0.0925 e. The standard InChI is InChI=1S/C18H20BrCl/c1-13-4-3-5-14(2)18(13)11-16(12-19)10-15-6-8-17(20)9-7-15/h3-9,16H,10-12H2,1-2H3. The van der Waals surface area contributed by atoms with Crippen molar-refractivity contribution in [2.45, 2.75) is 26.7 Å². The van der Waals surface area contributed by atoms with Crippen LogP contribution in [0.4, 0.5) is 0 Å². The van der Waals surface area contributed by atoms with E-state index in [0.717, 1.165) is 23.2 Å². The molecule has 0 heterocycles. The molecule has 2 heteroatoms. The molecule has 1 atom stereocenters. The van der Waals surface area contributed by atoms with Crippen molar-refractivity contribution in [3.8, 4) is 0 Å². The van der Waals surface area contributed by atoms with Gasteiger partial charge in [0, 0.05) is 10.4 Å². The Morgan fingerprint density at radius 2 is 1.55 bits per heavy atom. The molecule has 0 radical (unpaired) electrons. The van der Waals surface area contributed by atoms with Gasteiger partial charge < -0.3 is 0 Å². The van der Waals surface area contributed by atoms with Crippen LogP contribution in [0, 0.1) is 19.8 Å². The van der Waals surface area contributed by atoms with E-state index in [2.05, 4.69) is 60.1 Å². The summed E-state index contributed by atoms with van der Waals surface area (Å²) >= 11 is 9.61. The maximum Gasteiger partial charge on any atom is 0.0406 e. The highest BCUT2D eigenvalue weighted by atomic mass is 79.9. The Morgan fingerprint density at radius 1 is 0.950 bits per heavy atom. The van der Waals surface area contributed by atoms with Gasteiger partial charge in [-0.05, 0) is 67.0 Å². The molecule has 20 heavy (non-hydrogen) atoms. The van der Waals surface area contributed by atoms with E-state index >= 15 is 0 Å². The van der Waals surface area contributed by atoms with Crippen molar-refractivity contribution >= 4 is 27.5 Å². The summed E-state index contributed by atoms with van der Waals surface area (Å²) in [5.41, 5.74) is 5.63. The van der Waals surface area contributed by atoms with Gasteiger partial charge in [0.05, 0.1) is 0 Å². The number of hydrogen-bond donors (Lipinski definition) is 0. The lowest BCUT2D eigenvalue weighted by molar-refractivity contribution is 0.588. The molecule has 0 saturated carbocycles. The fourth-order valence-corrected chi connectivity index (χ4v) is 3.18. The van der Waals surface area contributed by atoms with Crippen LogP contribution in [-0.4, -0.2) is 5.33 Å². The molecule has 0 aliphatic rings. The van der Waals surface area contributed by atoms with Gasteiger partial charge >= 0.3 is 0 Å². The van der Waals surface area contributed by atoms with Crippen LogP contribution in [0.15, 0.2) is 42.5 Å². The summed E-state index contributed by atoms with van der Waals surface area (Å²) in [6.45, 7) is 4.41. The molecule has 2 aromatic carbocycles. The molecule has 0 saturated heterocycles. The Kier molecular flexibility index (Phi) is 5.68. The highest BCUT2D eigenvalue weighted by molar-refractivity contribution is 9.09. The van der Waals surface area contributed by atoms with Crippen molar-refractivity contribution in [2.75, 3.05) is 5.33 Å². The van der Waals surface area contributed by atoms with Gasteiger partial charge in [0.15, 0.2) is 0 Å². The largest absolute Gasteiger partial charge is 0.0925 e. The molecule has 0 aliphatic carbocycles. The van der Waals surface area contributed by atoms with E-state index in [9.17, 15) is 0 Å². The van der Waals surface area contributed by atoms with Crippen LogP contribution in [0.25, 0.3) is 0 Å². The second-order valence-electron chi connectivity index (χ2n) is 5.43. The Bertz CT molecular complexity index is 540. The van der Waals surface area contributed by atoms with Crippen molar-refractivity contribution in [3.63, 3.8) is 0 Å². The summed E-state index contributed by atoms with van der Waals surface area (Å²) < 4.78 is 0. The van der Waals surface area contributed by atoms with E-state index in [1.807, 2.05) is 12.1 Å². The van der Waals surface area contributed by atoms with Gasteiger partial charge in [0.2, 0.25) is 0 Å². The first-order valence-corrected chi connectivity index (χ1v) is 8.45. The van der Waals surface area contributed by atoms with Crippen LogP contribution in [0.2, 0.25) is 5.02 Å². The van der Waals surface area contributed by atoms with E-state index in [4.69, 9.17) is 11.6 Å². The Hall–Kier alpha value is -0.790. The SMILES string of the molecule is Cc1cccc(C)c1CC(CBr)Cc1ccc(Cl)cc1. The average molecular weight is 352 g/mol. The maximum atomic E-state index is 5.94.